The maximum absolute atomic E-state index is 12.1. The van der Waals surface area contributed by atoms with Gasteiger partial charge in [-0.25, -0.2) is 0 Å². The zero-order valence-electron chi connectivity index (χ0n) is 11.3. The van der Waals surface area contributed by atoms with Crippen molar-refractivity contribution in [2.24, 2.45) is 0 Å². The van der Waals surface area contributed by atoms with Gasteiger partial charge in [-0.2, -0.15) is 0 Å². The van der Waals surface area contributed by atoms with Gasteiger partial charge in [0.25, 0.3) is 0 Å². The second-order valence-corrected chi connectivity index (χ2v) is 5.02. The molecule has 2 rings (SSSR count). The van der Waals surface area contributed by atoms with E-state index in [1.54, 1.807) is 7.11 Å². The lowest BCUT2D eigenvalue weighted by Crippen LogP contribution is -2.27. The molecule has 0 saturated heterocycles. The molecular formula is C14H18F3NO2. The van der Waals surface area contributed by atoms with Gasteiger partial charge < -0.3 is 4.74 Å². The number of aromatic nitrogens is 1. The first-order valence-electron chi connectivity index (χ1n) is 6.67. The Morgan fingerprint density at radius 3 is 2.50 bits per heavy atom. The van der Waals surface area contributed by atoms with Crippen LogP contribution in [-0.2, 0) is 16.1 Å². The number of methoxy groups -OCH3 is 1. The predicted octanol–water partition coefficient (Wildman–Crippen LogP) is 3.79. The lowest BCUT2D eigenvalue weighted by Gasteiger charge is -2.28. The molecule has 0 bridgehead atoms. The Labute approximate surface area is 116 Å². The molecule has 20 heavy (non-hydrogen) atoms. The minimum atomic E-state index is -4.53. The summed E-state index contributed by atoms with van der Waals surface area (Å²) in [4.78, 5) is 4.50. The van der Waals surface area contributed by atoms with Crippen molar-refractivity contribution in [3.05, 3.63) is 29.6 Å². The summed E-state index contributed by atoms with van der Waals surface area (Å²) in [6.45, 7) is 0.445. The Morgan fingerprint density at radius 2 is 1.90 bits per heavy atom. The summed E-state index contributed by atoms with van der Waals surface area (Å²) in [6, 6.07) is 5.72. The van der Waals surface area contributed by atoms with Crippen LogP contribution in [-0.4, -0.2) is 24.6 Å². The molecular weight excluding hydrogens is 271 g/mol. The third kappa shape index (κ3) is 4.45. The van der Waals surface area contributed by atoms with Crippen LogP contribution in [0.3, 0.4) is 0 Å². The molecule has 6 heteroatoms. The lowest BCUT2D eigenvalue weighted by atomic mass is 9.85. The summed E-state index contributed by atoms with van der Waals surface area (Å²) >= 11 is 0. The second kappa shape index (κ2) is 6.54. The monoisotopic (exact) mass is 289 g/mol. The van der Waals surface area contributed by atoms with Gasteiger partial charge in [-0.1, -0.05) is 6.07 Å². The summed E-state index contributed by atoms with van der Waals surface area (Å²) in [5.74, 6) is 0.208. The van der Waals surface area contributed by atoms with Gasteiger partial charge in [-0.3, -0.25) is 9.72 Å². The minimum Gasteiger partial charge on any atom is -0.378 e. The van der Waals surface area contributed by atoms with Gasteiger partial charge in [0.05, 0.1) is 18.4 Å². The van der Waals surface area contributed by atoms with E-state index >= 15 is 0 Å². The van der Waals surface area contributed by atoms with Crippen molar-refractivity contribution in [2.75, 3.05) is 7.11 Å². The van der Waals surface area contributed by atoms with Crippen LogP contribution in [0.25, 0.3) is 0 Å². The smallest absolute Gasteiger partial charge is 0.378 e. The first-order valence-corrected chi connectivity index (χ1v) is 6.67. The maximum atomic E-state index is 12.1. The zero-order chi connectivity index (χ0) is 14.6. The highest BCUT2D eigenvalue weighted by Crippen LogP contribution is 2.35. The van der Waals surface area contributed by atoms with Crippen LogP contribution in [0.1, 0.15) is 43.0 Å². The first kappa shape index (κ1) is 15.3. The predicted molar refractivity (Wildman–Crippen MR) is 67.1 cm³/mol. The highest BCUT2D eigenvalue weighted by molar-refractivity contribution is 5.15. The van der Waals surface area contributed by atoms with Gasteiger partial charge in [0.15, 0.2) is 0 Å². The lowest BCUT2D eigenvalue weighted by molar-refractivity contribution is -0.345. The molecule has 0 spiro atoms. The number of nitrogens with zero attached hydrogens (tertiary/aromatic N) is 1. The minimum absolute atomic E-state index is 0.208. The maximum Gasteiger partial charge on any atom is 0.522 e. The van der Waals surface area contributed by atoms with Gasteiger partial charge in [0.2, 0.25) is 0 Å². The third-order valence-corrected chi connectivity index (χ3v) is 3.51. The fourth-order valence-corrected chi connectivity index (χ4v) is 2.62. The summed E-state index contributed by atoms with van der Waals surface area (Å²) < 4.78 is 45.6. The van der Waals surface area contributed by atoms with Gasteiger partial charge in [-0.05, 0) is 37.8 Å². The van der Waals surface area contributed by atoms with E-state index < -0.39 is 12.5 Å². The van der Waals surface area contributed by atoms with Crippen LogP contribution in [0, 0.1) is 0 Å². The summed E-state index contributed by atoms with van der Waals surface area (Å²) in [7, 11) is 1.61. The molecule has 0 unspecified atom stereocenters. The van der Waals surface area contributed by atoms with Crippen molar-refractivity contribution in [3.8, 4) is 0 Å². The number of hydrogen-bond acceptors (Lipinski definition) is 3. The van der Waals surface area contributed by atoms with Crippen molar-refractivity contribution in [3.63, 3.8) is 0 Å². The van der Waals surface area contributed by atoms with Crippen molar-refractivity contribution < 1.29 is 22.6 Å². The van der Waals surface area contributed by atoms with Crippen LogP contribution >= 0.6 is 0 Å². The first-order chi connectivity index (χ1) is 9.48. The molecule has 1 heterocycles. The van der Waals surface area contributed by atoms with Crippen molar-refractivity contribution in [1.82, 2.24) is 4.98 Å². The SMILES string of the molecule is COCc1cccc(C2CCC(OC(F)(F)F)CC2)n1. The summed E-state index contributed by atoms with van der Waals surface area (Å²) in [5, 5.41) is 0. The van der Waals surface area contributed by atoms with E-state index in [0.717, 1.165) is 11.4 Å². The molecule has 1 aromatic rings. The standard InChI is InChI=1S/C14H18F3NO2/c1-19-9-11-3-2-4-13(18-11)10-5-7-12(8-6-10)20-14(15,16)17/h2-4,10,12H,5-9H2,1H3. The van der Waals surface area contributed by atoms with Crippen LogP contribution < -0.4 is 0 Å². The quantitative estimate of drug-likeness (QED) is 0.845. The fraction of sp³-hybridized carbons (Fsp3) is 0.643. The van der Waals surface area contributed by atoms with Crippen molar-refractivity contribution in [1.29, 1.82) is 0 Å². The number of rotatable bonds is 4. The molecule has 1 aromatic heterocycles. The summed E-state index contributed by atoms with van der Waals surface area (Å²) in [6.07, 6.45) is -3.07. The molecule has 0 amide bonds. The normalized spacial score (nSPS) is 23.8. The Hall–Kier alpha value is -1.14. The van der Waals surface area contributed by atoms with E-state index in [0.29, 0.717) is 32.3 Å². The topological polar surface area (TPSA) is 31.4 Å². The molecule has 0 atom stereocenters. The number of halogens is 3. The number of alkyl halides is 3. The molecule has 0 N–H and O–H groups in total. The Kier molecular flexibility index (Phi) is 4.99. The van der Waals surface area contributed by atoms with Gasteiger partial charge >= 0.3 is 6.36 Å². The van der Waals surface area contributed by atoms with Crippen LogP contribution in [0.2, 0.25) is 0 Å². The molecule has 0 radical (unpaired) electrons. The molecule has 0 aromatic carbocycles. The van der Waals surface area contributed by atoms with Crippen molar-refractivity contribution >= 4 is 0 Å². The zero-order valence-corrected chi connectivity index (χ0v) is 11.3. The molecule has 1 fully saturated rings. The Balaban J connectivity index is 1.92. The second-order valence-electron chi connectivity index (χ2n) is 5.02. The average molecular weight is 289 g/mol. The van der Waals surface area contributed by atoms with E-state index in [1.165, 1.54) is 0 Å². The van der Waals surface area contributed by atoms with Gasteiger partial charge in [-0.15, -0.1) is 13.2 Å². The van der Waals surface area contributed by atoms with Crippen molar-refractivity contribution in [2.45, 2.75) is 50.7 Å². The van der Waals surface area contributed by atoms with E-state index in [2.05, 4.69) is 9.72 Å². The van der Waals surface area contributed by atoms with Crippen LogP contribution in [0.5, 0.6) is 0 Å². The molecule has 0 aliphatic heterocycles. The number of hydrogen-bond donors (Lipinski definition) is 0. The molecule has 1 aliphatic carbocycles. The third-order valence-electron chi connectivity index (χ3n) is 3.51. The average Bonchev–Trinajstić information content (AvgIpc) is 2.38. The van der Waals surface area contributed by atoms with E-state index in [9.17, 15) is 13.2 Å². The van der Waals surface area contributed by atoms with Gasteiger partial charge in [0, 0.05) is 18.7 Å². The van der Waals surface area contributed by atoms with E-state index in [4.69, 9.17) is 4.74 Å². The fourth-order valence-electron chi connectivity index (χ4n) is 2.62. The van der Waals surface area contributed by atoms with Gasteiger partial charge in [0.1, 0.15) is 0 Å². The Bertz CT molecular complexity index is 429. The highest BCUT2D eigenvalue weighted by atomic mass is 19.4. The highest BCUT2D eigenvalue weighted by Gasteiger charge is 2.35. The van der Waals surface area contributed by atoms with Crippen LogP contribution in [0.15, 0.2) is 18.2 Å². The largest absolute Gasteiger partial charge is 0.522 e. The molecule has 3 nitrogen and oxygen atoms in total. The molecule has 112 valence electrons. The summed E-state index contributed by atoms with van der Waals surface area (Å²) in [5.41, 5.74) is 1.78. The molecule has 1 saturated carbocycles. The number of pyridine rings is 1. The van der Waals surface area contributed by atoms with Crippen LogP contribution in [0.4, 0.5) is 13.2 Å². The van der Waals surface area contributed by atoms with E-state index in [-0.39, 0.29) is 5.92 Å². The Morgan fingerprint density at radius 1 is 1.20 bits per heavy atom. The number of ether oxygens (including phenoxy) is 2. The molecule has 1 aliphatic rings. The van der Waals surface area contributed by atoms with E-state index in [1.807, 2.05) is 18.2 Å².